The van der Waals surface area contributed by atoms with E-state index >= 15 is 4.79 Å². The van der Waals surface area contributed by atoms with Gasteiger partial charge in [-0.15, -0.1) is 0 Å². The maximum Gasteiger partial charge on any atom is 0.260 e. The van der Waals surface area contributed by atoms with Crippen LogP contribution in [-0.4, -0.2) is 57.9 Å². The van der Waals surface area contributed by atoms with Crippen molar-refractivity contribution in [3.8, 4) is 5.75 Å². The number of fused-ring (bicyclic) bond motifs is 4. The highest BCUT2D eigenvalue weighted by atomic mass is 16.5. The highest BCUT2D eigenvalue weighted by molar-refractivity contribution is 6.13. The summed E-state index contributed by atoms with van der Waals surface area (Å²) < 4.78 is 5.69. The van der Waals surface area contributed by atoms with Crippen molar-refractivity contribution in [3.63, 3.8) is 0 Å². The Hall–Kier alpha value is -4.76. The van der Waals surface area contributed by atoms with E-state index in [1.807, 2.05) is 85.8 Å². The minimum Gasteiger partial charge on any atom is -0.491 e. The summed E-state index contributed by atoms with van der Waals surface area (Å²) in [7, 11) is 0. The van der Waals surface area contributed by atoms with Crippen molar-refractivity contribution in [2.75, 3.05) is 18.6 Å². The lowest BCUT2D eigenvalue weighted by atomic mass is 9.49. The van der Waals surface area contributed by atoms with Crippen molar-refractivity contribution >= 4 is 29.3 Å². The van der Waals surface area contributed by atoms with E-state index in [1.165, 1.54) is 5.01 Å². The summed E-state index contributed by atoms with van der Waals surface area (Å²) >= 11 is 0. The molecule has 3 aromatic carbocycles. The molecular formula is C41H43N3O6. The average Bonchev–Trinajstić information content (AvgIpc) is 3.53. The molecule has 4 amide bonds. The molecule has 3 aromatic rings. The predicted molar refractivity (Wildman–Crippen MR) is 187 cm³/mol. The van der Waals surface area contributed by atoms with Gasteiger partial charge < -0.3 is 9.84 Å². The molecule has 9 heteroatoms. The molecule has 0 radical (unpaired) electrons. The van der Waals surface area contributed by atoms with Crippen LogP contribution in [0.5, 0.6) is 5.75 Å². The number of aliphatic hydroxyl groups excluding tert-OH is 1. The molecule has 6 atom stereocenters. The van der Waals surface area contributed by atoms with Crippen LogP contribution in [0.2, 0.25) is 0 Å². The summed E-state index contributed by atoms with van der Waals surface area (Å²) in [6.07, 6.45) is 7.61. The van der Waals surface area contributed by atoms with Crippen LogP contribution < -0.4 is 10.2 Å². The molecule has 2 saturated heterocycles. The van der Waals surface area contributed by atoms with Crippen LogP contribution in [0.25, 0.3) is 0 Å². The van der Waals surface area contributed by atoms with Crippen molar-refractivity contribution in [2.45, 2.75) is 69.2 Å². The maximum absolute atomic E-state index is 15.2. The van der Waals surface area contributed by atoms with Crippen LogP contribution in [0, 0.1) is 30.6 Å². The average molecular weight is 674 g/mol. The van der Waals surface area contributed by atoms with E-state index in [2.05, 4.69) is 11.5 Å². The van der Waals surface area contributed by atoms with Gasteiger partial charge in [-0.25, -0.2) is 0 Å². The first-order chi connectivity index (χ1) is 24.3. The number of anilines is 1. The summed E-state index contributed by atoms with van der Waals surface area (Å²) in [5.74, 6) is -3.11. The summed E-state index contributed by atoms with van der Waals surface area (Å²) in [4.78, 5) is 60.1. The van der Waals surface area contributed by atoms with E-state index in [0.29, 0.717) is 17.9 Å². The van der Waals surface area contributed by atoms with E-state index in [-0.39, 0.29) is 55.2 Å². The highest BCUT2D eigenvalue weighted by Gasteiger charge is 2.70. The molecule has 2 heterocycles. The zero-order valence-corrected chi connectivity index (χ0v) is 28.3. The molecule has 2 saturated carbocycles. The molecule has 9 nitrogen and oxygen atoms in total. The minimum atomic E-state index is -1.31. The van der Waals surface area contributed by atoms with Crippen LogP contribution in [-0.2, 0) is 24.6 Å². The molecular weight excluding hydrogens is 630 g/mol. The Morgan fingerprint density at radius 2 is 1.56 bits per heavy atom. The van der Waals surface area contributed by atoms with Crippen molar-refractivity contribution in [1.82, 2.24) is 9.91 Å². The summed E-state index contributed by atoms with van der Waals surface area (Å²) in [5.41, 5.74) is 6.03. The number of hydrazine groups is 1. The topological polar surface area (TPSA) is 116 Å². The number of benzene rings is 3. The second kappa shape index (κ2) is 12.8. The quantitative estimate of drug-likeness (QED) is 0.233. The standard InChI is InChI=1S/C41H43N3O6/c1-25-12-16-28(17-13-25)42-44-38(47)34-24-33-31(20-21-32-35(33)39(48)43(37(32)46)29-10-6-3-7-11-29)36(26-14-18-30(19-15-26)50-23-22-45)41(34,40(44)49)27-8-4-2-5-9-27/h2,4-5,8-9,12-20,29,32-36,42,45H,3,6-7,10-11,21-24H2,1H3. The Morgan fingerprint density at radius 3 is 2.26 bits per heavy atom. The van der Waals surface area contributed by atoms with Gasteiger partial charge in [-0.1, -0.05) is 91.1 Å². The number of hydrogen-bond acceptors (Lipinski definition) is 7. The molecule has 8 rings (SSSR count). The zero-order valence-electron chi connectivity index (χ0n) is 28.3. The third-order valence-corrected chi connectivity index (χ3v) is 11.9. The van der Waals surface area contributed by atoms with Gasteiger partial charge in [0.1, 0.15) is 12.4 Å². The lowest BCUT2D eigenvalue weighted by Crippen LogP contribution is -2.53. The van der Waals surface area contributed by atoms with E-state index in [0.717, 1.165) is 54.4 Å². The van der Waals surface area contributed by atoms with E-state index < -0.39 is 29.1 Å². The SMILES string of the molecule is Cc1ccc(NN2C(=O)C3CC4C(=CCC5C(=O)N(C6CCCCC6)C(=O)C54)C(c4ccc(OCCO)cc4)C3(c3ccccc3)C2=O)cc1. The lowest BCUT2D eigenvalue weighted by Gasteiger charge is -2.50. The summed E-state index contributed by atoms with van der Waals surface area (Å²) in [6, 6.07) is 24.6. The van der Waals surface area contributed by atoms with Crippen LogP contribution in [0.1, 0.15) is 67.6 Å². The largest absolute Gasteiger partial charge is 0.491 e. The lowest BCUT2D eigenvalue weighted by molar-refractivity contribution is -0.144. The summed E-state index contributed by atoms with van der Waals surface area (Å²) in [6.45, 7) is 2.01. The molecule has 5 aliphatic rings. The Bertz CT molecular complexity index is 1830. The third-order valence-electron chi connectivity index (χ3n) is 11.9. The molecule has 258 valence electrons. The van der Waals surface area contributed by atoms with Crippen LogP contribution in [0.3, 0.4) is 0 Å². The molecule has 2 aliphatic heterocycles. The number of aliphatic hydroxyl groups is 1. The van der Waals surface area contributed by atoms with Gasteiger partial charge in [0.2, 0.25) is 11.8 Å². The van der Waals surface area contributed by atoms with Crippen molar-refractivity contribution in [3.05, 3.63) is 107 Å². The van der Waals surface area contributed by atoms with Gasteiger partial charge in [0.15, 0.2) is 0 Å². The maximum atomic E-state index is 15.2. The van der Waals surface area contributed by atoms with Gasteiger partial charge in [0.05, 0.1) is 35.5 Å². The molecule has 0 aromatic heterocycles. The number of rotatable bonds is 8. The number of nitrogens with zero attached hydrogens (tertiary/aromatic N) is 2. The number of amides is 4. The number of ether oxygens (including phenoxy) is 1. The van der Waals surface area contributed by atoms with Crippen LogP contribution in [0.4, 0.5) is 5.69 Å². The van der Waals surface area contributed by atoms with Gasteiger partial charge in [-0.05, 0) is 73.9 Å². The number of carbonyl (C=O) groups excluding carboxylic acids is 4. The Balaban J connectivity index is 1.28. The molecule has 50 heavy (non-hydrogen) atoms. The number of hydrogen-bond donors (Lipinski definition) is 2. The van der Waals surface area contributed by atoms with Crippen molar-refractivity contribution < 1.29 is 29.0 Å². The number of carbonyl (C=O) groups is 4. The Morgan fingerprint density at radius 1 is 0.840 bits per heavy atom. The van der Waals surface area contributed by atoms with Crippen molar-refractivity contribution in [2.24, 2.45) is 23.7 Å². The zero-order chi connectivity index (χ0) is 34.6. The fourth-order valence-electron chi connectivity index (χ4n) is 9.77. The first-order valence-electron chi connectivity index (χ1n) is 18.0. The molecule has 0 spiro atoms. The van der Waals surface area contributed by atoms with E-state index in [9.17, 15) is 19.5 Å². The number of imide groups is 2. The van der Waals surface area contributed by atoms with Gasteiger partial charge in [0, 0.05) is 12.0 Å². The summed E-state index contributed by atoms with van der Waals surface area (Å²) in [5, 5.41) is 10.5. The monoisotopic (exact) mass is 673 g/mol. The normalized spacial score (nSPS) is 29.4. The molecule has 6 unspecified atom stereocenters. The third kappa shape index (κ3) is 5.00. The minimum absolute atomic E-state index is 0.0732. The van der Waals surface area contributed by atoms with E-state index in [4.69, 9.17) is 4.74 Å². The molecule has 4 fully saturated rings. The second-order valence-electron chi connectivity index (χ2n) is 14.6. The fraction of sp³-hybridized carbons (Fsp3) is 0.415. The smallest absolute Gasteiger partial charge is 0.260 e. The molecule has 0 bridgehead atoms. The number of nitrogens with one attached hydrogen (secondary N) is 1. The van der Waals surface area contributed by atoms with Crippen LogP contribution >= 0.6 is 0 Å². The van der Waals surface area contributed by atoms with Crippen molar-refractivity contribution in [1.29, 1.82) is 0 Å². The fourth-order valence-corrected chi connectivity index (χ4v) is 9.77. The van der Waals surface area contributed by atoms with Gasteiger partial charge in [0.25, 0.3) is 11.8 Å². The van der Waals surface area contributed by atoms with Gasteiger partial charge in [-0.3, -0.25) is 29.5 Å². The number of likely N-dealkylation sites (tertiary alicyclic amines) is 1. The number of aryl methyl sites for hydroxylation is 1. The van der Waals surface area contributed by atoms with Crippen LogP contribution in [0.15, 0.2) is 90.5 Å². The highest BCUT2D eigenvalue weighted by Crippen LogP contribution is 2.64. The molecule has 3 aliphatic carbocycles. The number of allylic oxidation sites excluding steroid dienone is 2. The van der Waals surface area contributed by atoms with Gasteiger partial charge >= 0.3 is 0 Å². The Kier molecular flexibility index (Phi) is 8.34. The second-order valence-corrected chi connectivity index (χ2v) is 14.6. The Labute approximate surface area is 292 Å². The van der Waals surface area contributed by atoms with Gasteiger partial charge in [-0.2, -0.15) is 5.01 Å². The van der Waals surface area contributed by atoms with E-state index in [1.54, 1.807) is 4.90 Å². The first-order valence-corrected chi connectivity index (χ1v) is 18.0. The first kappa shape index (κ1) is 32.4. The predicted octanol–water partition coefficient (Wildman–Crippen LogP) is 5.68. The molecule has 2 N–H and O–H groups in total.